The number of aryl methyl sites for hydroxylation is 1. The minimum absolute atomic E-state index is 0.123. The molecule has 2 aromatic carbocycles. The van der Waals surface area contributed by atoms with E-state index in [2.05, 4.69) is 29.4 Å². The maximum absolute atomic E-state index is 13.3. The summed E-state index contributed by atoms with van der Waals surface area (Å²) in [5, 5.41) is 11.1. The Labute approximate surface area is 191 Å². The molecule has 10 heteroatoms. The molecule has 3 rings (SSSR count). The Morgan fingerprint density at radius 3 is 2.42 bits per heavy atom. The molecule has 1 heterocycles. The molecule has 0 aliphatic carbocycles. The number of carbonyl (C=O) groups is 1. The van der Waals surface area contributed by atoms with Gasteiger partial charge in [-0.1, -0.05) is 72.8 Å². The number of hydrogen-bond acceptors (Lipinski definition) is 7. The zero-order chi connectivity index (χ0) is 22.4. The largest absolute Gasteiger partial charge is 0.299 e. The van der Waals surface area contributed by atoms with Gasteiger partial charge in [0.15, 0.2) is 4.34 Å². The fraction of sp³-hybridized carbons (Fsp3) is 0.286. The average Bonchev–Trinajstić information content (AvgIpc) is 3.18. The third-order valence-electron chi connectivity index (χ3n) is 4.13. The van der Waals surface area contributed by atoms with Crippen molar-refractivity contribution in [2.45, 2.75) is 30.0 Å². The van der Waals surface area contributed by atoms with Crippen molar-refractivity contribution in [3.63, 3.8) is 0 Å². The zero-order valence-corrected chi connectivity index (χ0v) is 19.9. The second kappa shape index (κ2) is 10.3. The van der Waals surface area contributed by atoms with Crippen LogP contribution in [0.5, 0.6) is 0 Å². The van der Waals surface area contributed by atoms with Gasteiger partial charge < -0.3 is 0 Å². The predicted octanol–water partition coefficient (Wildman–Crippen LogP) is 4.43. The van der Waals surface area contributed by atoms with E-state index in [-0.39, 0.29) is 11.4 Å². The Morgan fingerprint density at radius 1 is 1.10 bits per heavy atom. The average molecular weight is 477 g/mol. The van der Waals surface area contributed by atoms with Crippen molar-refractivity contribution in [1.82, 2.24) is 10.2 Å². The Hall–Kier alpha value is -2.43. The standard InChI is InChI=1S/C21H24N4O3S3/c1-15(2)14-29-21-24-23-20(30-21)22-19(26)13-25(17-7-5-4-6-8-17)31(27,28)18-11-9-16(3)10-12-18/h4-12,15H,13-14H2,1-3H3,(H,22,23,26). The van der Waals surface area contributed by atoms with Crippen LogP contribution in [0, 0.1) is 12.8 Å². The van der Waals surface area contributed by atoms with Crippen molar-refractivity contribution in [3.8, 4) is 0 Å². The summed E-state index contributed by atoms with van der Waals surface area (Å²) in [7, 11) is -3.94. The molecule has 0 radical (unpaired) electrons. The van der Waals surface area contributed by atoms with Crippen molar-refractivity contribution in [2.75, 3.05) is 21.9 Å². The maximum atomic E-state index is 13.3. The summed E-state index contributed by atoms with van der Waals surface area (Å²) >= 11 is 2.85. The first-order chi connectivity index (χ1) is 14.8. The van der Waals surface area contributed by atoms with Gasteiger partial charge in [-0.25, -0.2) is 8.42 Å². The van der Waals surface area contributed by atoms with Crippen LogP contribution in [0.2, 0.25) is 0 Å². The van der Waals surface area contributed by atoms with Gasteiger partial charge in [0, 0.05) is 5.75 Å². The number of nitrogens with one attached hydrogen (secondary N) is 1. The van der Waals surface area contributed by atoms with Gasteiger partial charge in [0.1, 0.15) is 6.54 Å². The maximum Gasteiger partial charge on any atom is 0.264 e. The molecule has 7 nitrogen and oxygen atoms in total. The second-order valence-electron chi connectivity index (χ2n) is 7.29. The topological polar surface area (TPSA) is 92.3 Å². The van der Waals surface area contributed by atoms with Gasteiger partial charge >= 0.3 is 0 Å². The number of carbonyl (C=O) groups excluding carboxylic acids is 1. The molecule has 31 heavy (non-hydrogen) atoms. The SMILES string of the molecule is Cc1ccc(S(=O)(=O)N(CC(=O)Nc2nnc(SCC(C)C)s2)c2ccccc2)cc1. The van der Waals surface area contributed by atoms with Gasteiger partial charge in [-0.3, -0.25) is 14.4 Å². The number of amides is 1. The molecule has 0 spiro atoms. The normalized spacial score (nSPS) is 11.5. The number of hydrogen-bond donors (Lipinski definition) is 1. The zero-order valence-electron chi connectivity index (χ0n) is 17.5. The summed E-state index contributed by atoms with van der Waals surface area (Å²) < 4.78 is 28.5. The molecular formula is C21H24N4O3S3. The van der Waals surface area contributed by atoms with Gasteiger partial charge in [-0.15, -0.1) is 10.2 Å². The van der Waals surface area contributed by atoms with Crippen LogP contribution in [0.3, 0.4) is 0 Å². The van der Waals surface area contributed by atoms with Gasteiger partial charge in [-0.2, -0.15) is 0 Å². The van der Waals surface area contributed by atoms with E-state index < -0.39 is 15.9 Å². The fourth-order valence-electron chi connectivity index (χ4n) is 2.59. The highest BCUT2D eigenvalue weighted by Crippen LogP contribution is 2.27. The van der Waals surface area contributed by atoms with Crippen LogP contribution in [0.1, 0.15) is 19.4 Å². The van der Waals surface area contributed by atoms with Crippen molar-refractivity contribution >= 4 is 49.8 Å². The highest BCUT2D eigenvalue weighted by atomic mass is 32.2. The van der Waals surface area contributed by atoms with Crippen LogP contribution in [0.15, 0.2) is 63.8 Å². The molecule has 0 atom stereocenters. The molecule has 164 valence electrons. The quantitative estimate of drug-likeness (QED) is 0.363. The number of benzene rings is 2. The minimum atomic E-state index is -3.94. The lowest BCUT2D eigenvalue weighted by Crippen LogP contribution is -2.38. The number of thioether (sulfide) groups is 1. The molecule has 0 saturated carbocycles. The third-order valence-corrected chi connectivity index (χ3v) is 8.32. The molecule has 1 aromatic heterocycles. The highest BCUT2D eigenvalue weighted by molar-refractivity contribution is 8.01. The van der Waals surface area contributed by atoms with Crippen molar-refractivity contribution in [3.05, 3.63) is 60.2 Å². The molecule has 0 fully saturated rings. The highest BCUT2D eigenvalue weighted by Gasteiger charge is 2.27. The second-order valence-corrected chi connectivity index (χ2v) is 11.4. The molecule has 0 aliphatic rings. The number of para-hydroxylation sites is 1. The van der Waals surface area contributed by atoms with Crippen molar-refractivity contribution < 1.29 is 13.2 Å². The predicted molar refractivity (Wildman–Crippen MR) is 126 cm³/mol. The lowest BCUT2D eigenvalue weighted by molar-refractivity contribution is -0.114. The van der Waals surface area contributed by atoms with E-state index >= 15 is 0 Å². The van der Waals surface area contributed by atoms with E-state index in [4.69, 9.17) is 0 Å². The molecule has 0 aliphatic heterocycles. The fourth-order valence-corrected chi connectivity index (χ4v) is 5.76. The molecule has 0 unspecified atom stereocenters. The van der Waals surface area contributed by atoms with Gasteiger partial charge in [-0.05, 0) is 37.1 Å². The van der Waals surface area contributed by atoms with Gasteiger partial charge in [0.2, 0.25) is 11.0 Å². The summed E-state index contributed by atoms with van der Waals surface area (Å²) in [6.07, 6.45) is 0. The smallest absolute Gasteiger partial charge is 0.264 e. The van der Waals surface area contributed by atoms with E-state index in [1.165, 1.54) is 11.3 Å². The molecule has 1 amide bonds. The Bertz CT molecular complexity index is 1110. The van der Waals surface area contributed by atoms with Crippen LogP contribution in [-0.4, -0.2) is 36.8 Å². The number of aromatic nitrogens is 2. The molecule has 1 N–H and O–H groups in total. The van der Waals surface area contributed by atoms with Crippen LogP contribution >= 0.6 is 23.1 Å². The summed E-state index contributed by atoms with van der Waals surface area (Å²) in [6.45, 7) is 5.73. The Kier molecular flexibility index (Phi) is 7.69. The van der Waals surface area contributed by atoms with Crippen molar-refractivity contribution in [2.24, 2.45) is 5.92 Å². The van der Waals surface area contributed by atoms with Gasteiger partial charge in [0.05, 0.1) is 10.6 Å². The van der Waals surface area contributed by atoms with Crippen molar-refractivity contribution in [1.29, 1.82) is 0 Å². The van der Waals surface area contributed by atoms with Crippen LogP contribution in [0.25, 0.3) is 0 Å². The number of nitrogens with zero attached hydrogens (tertiary/aromatic N) is 3. The first-order valence-electron chi connectivity index (χ1n) is 9.66. The van der Waals surface area contributed by atoms with E-state index in [9.17, 15) is 13.2 Å². The lowest BCUT2D eigenvalue weighted by Gasteiger charge is -2.23. The van der Waals surface area contributed by atoms with Gasteiger partial charge in [0.25, 0.3) is 10.0 Å². The summed E-state index contributed by atoms with van der Waals surface area (Å²) in [4.78, 5) is 12.8. The van der Waals surface area contributed by atoms with Crippen LogP contribution in [0.4, 0.5) is 10.8 Å². The third kappa shape index (κ3) is 6.28. The minimum Gasteiger partial charge on any atom is -0.299 e. The molecular weight excluding hydrogens is 452 g/mol. The summed E-state index contributed by atoms with van der Waals surface area (Å²) in [5.74, 6) is 0.925. The van der Waals surface area contributed by atoms with Crippen LogP contribution in [-0.2, 0) is 14.8 Å². The number of sulfonamides is 1. The van der Waals surface area contributed by atoms with E-state index in [1.54, 1.807) is 66.4 Å². The molecule has 3 aromatic rings. The lowest BCUT2D eigenvalue weighted by atomic mass is 10.2. The van der Waals surface area contributed by atoms with E-state index in [0.717, 1.165) is 20.0 Å². The van der Waals surface area contributed by atoms with E-state index in [0.29, 0.717) is 16.7 Å². The molecule has 0 saturated heterocycles. The molecule has 0 bridgehead atoms. The van der Waals surface area contributed by atoms with Crippen LogP contribution < -0.4 is 9.62 Å². The number of rotatable bonds is 9. The first-order valence-corrected chi connectivity index (χ1v) is 12.9. The monoisotopic (exact) mass is 476 g/mol. The number of anilines is 2. The summed E-state index contributed by atoms with van der Waals surface area (Å²) in [6, 6.07) is 15.1. The Balaban J connectivity index is 1.79. The Morgan fingerprint density at radius 2 is 1.77 bits per heavy atom. The first kappa shape index (κ1) is 23.2. The van der Waals surface area contributed by atoms with E-state index in [1.807, 2.05) is 6.92 Å². The summed E-state index contributed by atoms with van der Waals surface area (Å²) in [5.41, 5.74) is 1.36.